The predicted octanol–water partition coefficient (Wildman–Crippen LogP) is 4.42. The molecule has 1 amide bonds. The Morgan fingerprint density at radius 2 is 2.06 bits per heavy atom. The summed E-state index contributed by atoms with van der Waals surface area (Å²) in [5.41, 5.74) is 1.51. The third-order valence-electron chi connectivity index (χ3n) is 5.43. The number of carbonyl (C=O) groups excluding carboxylic acids is 1. The van der Waals surface area contributed by atoms with Crippen LogP contribution in [0, 0.1) is 26.7 Å². The maximum absolute atomic E-state index is 13.4. The number of nitrogens with one attached hydrogen (secondary N) is 1. The van der Waals surface area contributed by atoms with Crippen molar-refractivity contribution >= 4 is 44.6 Å². The summed E-state index contributed by atoms with van der Waals surface area (Å²) >= 11 is 7.44. The first-order valence-corrected chi connectivity index (χ1v) is 12.8. The number of carbonyl (C=O) groups is 1. The highest BCUT2D eigenvalue weighted by molar-refractivity contribution is 7.89. The summed E-state index contributed by atoms with van der Waals surface area (Å²) in [4.78, 5) is 18.5. The zero-order valence-corrected chi connectivity index (χ0v) is 20.3. The number of nitrogens with zero attached hydrogens (tertiary/aromatic N) is 3. The molecule has 1 aliphatic heterocycles. The predicted molar refractivity (Wildman–Crippen MR) is 123 cm³/mol. The van der Waals surface area contributed by atoms with E-state index >= 15 is 0 Å². The van der Waals surface area contributed by atoms with Gasteiger partial charge in [0, 0.05) is 35.6 Å². The zero-order valence-electron chi connectivity index (χ0n) is 17.9. The van der Waals surface area contributed by atoms with Crippen molar-refractivity contribution in [3.63, 3.8) is 0 Å². The Morgan fingerprint density at radius 3 is 2.75 bits per heavy atom. The van der Waals surface area contributed by atoms with Crippen molar-refractivity contribution in [1.29, 1.82) is 0 Å². The van der Waals surface area contributed by atoms with Crippen molar-refractivity contribution in [2.75, 3.05) is 18.4 Å². The lowest BCUT2D eigenvalue weighted by Gasteiger charge is -2.31. The Hall–Kier alpha value is -2.27. The summed E-state index contributed by atoms with van der Waals surface area (Å²) in [5, 5.41) is 7.30. The van der Waals surface area contributed by atoms with Gasteiger partial charge in [0.05, 0.1) is 15.7 Å². The fraction of sp³-hybridized carbons (Fsp3) is 0.381. The normalized spacial score (nSPS) is 17.4. The van der Waals surface area contributed by atoms with Crippen LogP contribution in [0.2, 0.25) is 5.02 Å². The number of hydrogen-bond donors (Lipinski definition) is 1. The van der Waals surface area contributed by atoms with Crippen LogP contribution in [0.15, 0.2) is 33.7 Å². The highest BCUT2D eigenvalue weighted by Gasteiger charge is 2.35. The second kappa shape index (κ2) is 8.93. The fourth-order valence-corrected chi connectivity index (χ4v) is 6.85. The molecule has 4 rings (SSSR count). The molecule has 170 valence electrons. The molecular formula is C21H23ClN4O4S2. The van der Waals surface area contributed by atoms with Crippen LogP contribution in [0.5, 0.6) is 0 Å². The topological polar surface area (TPSA) is 105 Å². The summed E-state index contributed by atoms with van der Waals surface area (Å²) < 4.78 is 33.2. The minimum absolute atomic E-state index is 0.125. The standard InChI is InChI=1S/C21H23ClN4O4S2/c1-12-6-7-16(9-17(12)22)24-21(27)15-5-4-8-26(11-15)32(28,29)19-10-18(31-13(19)2)20-23-14(3)30-25-20/h6-7,9-10,15H,4-5,8,11H2,1-3H3,(H,24,27). The molecule has 0 radical (unpaired) electrons. The van der Waals surface area contributed by atoms with Crippen molar-refractivity contribution in [2.24, 2.45) is 5.92 Å². The molecular weight excluding hydrogens is 472 g/mol. The Labute approximate surface area is 195 Å². The van der Waals surface area contributed by atoms with E-state index in [0.717, 1.165) is 5.56 Å². The van der Waals surface area contributed by atoms with Crippen molar-refractivity contribution in [3.05, 3.63) is 45.6 Å². The van der Waals surface area contributed by atoms with E-state index in [0.29, 0.717) is 51.6 Å². The molecule has 0 aliphatic carbocycles. The molecule has 2 aromatic heterocycles. The van der Waals surface area contributed by atoms with Crippen LogP contribution in [0.25, 0.3) is 10.7 Å². The van der Waals surface area contributed by atoms with Crippen LogP contribution in [-0.4, -0.2) is 41.9 Å². The number of benzene rings is 1. The average molecular weight is 495 g/mol. The van der Waals surface area contributed by atoms with E-state index in [1.54, 1.807) is 32.0 Å². The van der Waals surface area contributed by atoms with Crippen LogP contribution < -0.4 is 5.32 Å². The maximum Gasteiger partial charge on any atom is 0.244 e. The van der Waals surface area contributed by atoms with E-state index in [1.807, 2.05) is 13.0 Å². The van der Waals surface area contributed by atoms with Crippen LogP contribution in [0.4, 0.5) is 5.69 Å². The minimum Gasteiger partial charge on any atom is -0.339 e. The third kappa shape index (κ3) is 4.59. The number of thiophene rings is 1. The molecule has 3 heterocycles. The lowest BCUT2D eigenvalue weighted by atomic mass is 9.98. The highest BCUT2D eigenvalue weighted by atomic mass is 35.5. The van der Waals surface area contributed by atoms with Gasteiger partial charge in [-0.1, -0.05) is 22.8 Å². The van der Waals surface area contributed by atoms with Crippen molar-refractivity contribution in [2.45, 2.75) is 38.5 Å². The molecule has 1 aromatic carbocycles. The van der Waals surface area contributed by atoms with Gasteiger partial charge in [0.15, 0.2) is 0 Å². The van der Waals surface area contributed by atoms with E-state index in [2.05, 4.69) is 15.5 Å². The van der Waals surface area contributed by atoms with E-state index in [1.165, 1.54) is 15.6 Å². The molecule has 3 aromatic rings. The van der Waals surface area contributed by atoms with Crippen molar-refractivity contribution in [3.8, 4) is 10.7 Å². The smallest absolute Gasteiger partial charge is 0.244 e. The van der Waals surface area contributed by atoms with Gasteiger partial charge in [-0.15, -0.1) is 11.3 Å². The lowest BCUT2D eigenvalue weighted by Crippen LogP contribution is -2.43. The summed E-state index contributed by atoms with van der Waals surface area (Å²) in [6.45, 7) is 5.81. The van der Waals surface area contributed by atoms with E-state index in [9.17, 15) is 13.2 Å². The first kappa shape index (κ1) is 22.9. The lowest BCUT2D eigenvalue weighted by molar-refractivity contribution is -0.120. The molecule has 1 aliphatic rings. The molecule has 32 heavy (non-hydrogen) atoms. The number of halogens is 1. The molecule has 8 nitrogen and oxygen atoms in total. The van der Waals surface area contributed by atoms with Crippen molar-refractivity contribution < 1.29 is 17.7 Å². The van der Waals surface area contributed by atoms with Gasteiger partial charge in [-0.2, -0.15) is 9.29 Å². The molecule has 1 fully saturated rings. The number of rotatable bonds is 5. The number of hydrogen-bond acceptors (Lipinski definition) is 7. The Balaban J connectivity index is 1.51. The molecule has 11 heteroatoms. The summed E-state index contributed by atoms with van der Waals surface area (Å²) in [5.74, 6) is 0.117. The number of aromatic nitrogens is 2. The Morgan fingerprint density at radius 1 is 1.28 bits per heavy atom. The van der Waals surface area contributed by atoms with Crippen LogP contribution in [0.1, 0.15) is 29.2 Å². The van der Waals surface area contributed by atoms with Gasteiger partial charge in [0.1, 0.15) is 0 Å². The molecule has 0 saturated carbocycles. The third-order valence-corrected chi connectivity index (χ3v) is 9.01. The van der Waals surface area contributed by atoms with Gasteiger partial charge in [0.2, 0.25) is 27.6 Å². The minimum atomic E-state index is -3.77. The molecule has 1 saturated heterocycles. The molecule has 1 unspecified atom stereocenters. The SMILES string of the molecule is Cc1nc(-c2cc(S(=O)(=O)N3CCCC(C(=O)Nc4ccc(C)c(Cl)c4)C3)c(C)s2)no1. The summed E-state index contributed by atoms with van der Waals surface area (Å²) in [6, 6.07) is 6.89. The summed E-state index contributed by atoms with van der Waals surface area (Å²) in [6.07, 6.45) is 1.22. The second-order valence-electron chi connectivity index (χ2n) is 7.82. The molecule has 1 N–H and O–H groups in total. The van der Waals surface area contributed by atoms with Crippen LogP contribution in [0.3, 0.4) is 0 Å². The molecule has 0 bridgehead atoms. The van der Waals surface area contributed by atoms with E-state index in [4.69, 9.17) is 16.1 Å². The number of amides is 1. The first-order valence-electron chi connectivity index (χ1n) is 10.1. The number of aryl methyl sites for hydroxylation is 3. The van der Waals surface area contributed by atoms with Crippen molar-refractivity contribution in [1.82, 2.24) is 14.4 Å². The van der Waals surface area contributed by atoms with Gasteiger partial charge in [-0.05, 0) is 50.5 Å². The largest absolute Gasteiger partial charge is 0.339 e. The molecule has 0 spiro atoms. The van der Waals surface area contributed by atoms with Crippen LogP contribution >= 0.6 is 22.9 Å². The van der Waals surface area contributed by atoms with Gasteiger partial charge in [-0.25, -0.2) is 8.42 Å². The monoisotopic (exact) mass is 494 g/mol. The van der Waals surface area contributed by atoms with Gasteiger partial charge in [0.25, 0.3) is 0 Å². The number of anilines is 1. The number of sulfonamides is 1. The molecule has 1 atom stereocenters. The fourth-order valence-electron chi connectivity index (χ4n) is 3.66. The van der Waals surface area contributed by atoms with Gasteiger partial charge < -0.3 is 9.84 Å². The van der Waals surface area contributed by atoms with E-state index < -0.39 is 15.9 Å². The zero-order chi connectivity index (χ0) is 23.0. The second-order valence-corrected chi connectivity index (χ2v) is 11.4. The van der Waals surface area contributed by atoms with Gasteiger partial charge >= 0.3 is 0 Å². The highest BCUT2D eigenvalue weighted by Crippen LogP contribution is 2.35. The Bertz CT molecular complexity index is 1270. The Kier molecular flexibility index (Phi) is 6.39. The average Bonchev–Trinajstić information content (AvgIpc) is 3.36. The quantitative estimate of drug-likeness (QED) is 0.563. The first-order chi connectivity index (χ1) is 15.1. The maximum atomic E-state index is 13.4. The van der Waals surface area contributed by atoms with Gasteiger partial charge in [-0.3, -0.25) is 4.79 Å². The van der Waals surface area contributed by atoms with E-state index in [-0.39, 0.29) is 17.3 Å². The summed E-state index contributed by atoms with van der Waals surface area (Å²) in [7, 11) is -3.77. The van der Waals surface area contributed by atoms with Crippen LogP contribution in [-0.2, 0) is 14.8 Å². The number of piperidine rings is 1.